The molecule has 1 aromatic heterocycles. The Balaban J connectivity index is 2.04. The Hall–Kier alpha value is -2.38. The van der Waals surface area contributed by atoms with E-state index in [0.717, 1.165) is 6.42 Å². The zero-order valence-electron chi connectivity index (χ0n) is 10.5. The lowest BCUT2D eigenvalue weighted by atomic mass is 10.2. The number of nitrogens with zero attached hydrogens (tertiary/aromatic N) is 4. The molecule has 1 atom stereocenters. The predicted molar refractivity (Wildman–Crippen MR) is 67.0 cm³/mol. The molecule has 0 aliphatic carbocycles. The van der Waals surface area contributed by atoms with Gasteiger partial charge in [-0.25, -0.2) is 14.8 Å². The lowest BCUT2D eigenvalue weighted by Gasteiger charge is -2.22. The quantitative estimate of drug-likeness (QED) is 0.780. The summed E-state index contributed by atoms with van der Waals surface area (Å²) in [6, 6.07) is -0.0601. The number of rotatable bonds is 3. The van der Waals surface area contributed by atoms with E-state index < -0.39 is 12.0 Å². The van der Waals surface area contributed by atoms with Crippen molar-refractivity contribution in [3.8, 4) is 0 Å². The van der Waals surface area contributed by atoms with E-state index >= 15 is 0 Å². The number of likely N-dealkylation sites (N-methyl/N-ethyl adjacent to an activating group) is 1. The van der Waals surface area contributed by atoms with Gasteiger partial charge >= 0.3 is 6.09 Å². The average molecular weight is 265 g/mol. The van der Waals surface area contributed by atoms with Crippen molar-refractivity contribution in [3.63, 3.8) is 0 Å². The highest BCUT2D eigenvalue weighted by Crippen LogP contribution is 2.20. The van der Waals surface area contributed by atoms with Gasteiger partial charge in [0.05, 0.1) is 18.4 Å². The second-order valence-electron chi connectivity index (χ2n) is 4.41. The molecule has 1 saturated heterocycles. The molecule has 1 aliphatic rings. The van der Waals surface area contributed by atoms with Crippen molar-refractivity contribution >= 4 is 17.8 Å². The second kappa shape index (κ2) is 5.09. The topological polar surface area (TPSA) is 113 Å². The molecule has 0 unspecified atom stereocenters. The fourth-order valence-corrected chi connectivity index (χ4v) is 2.03. The van der Waals surface area contributed by atoms with Crippen LogP contribution in [0.4, 0.5) is 10.6 Å². The maximum Gasteiger partial charge on any atom is 0.407 e. The van der Waals surface area contributed by atoms with Crippen molar-refractivity contribution in [2.45, 2.75) is 12.5 Å². The minimum Gasteiger partial charge on any atom is -0.465 e. The Bertz CT molecular complexity index is 490. The van der Waals surface area contributed by atoms with Crippen LogP contribution in [-0.2, 0) is 0 Å². The maximum atomic E-state index is 10.9. The Morgan fingerprint density at radius 3 is 2.74 bits per heavy atom. The third-order valence-corrected chi connectivity index (χ3v) is 3.23. The predicted octanol–water partition coefficient (Wildman–Crippen LogP) is -0.236. The molecule has 8 heteroatoms. The van der Waals surface area contributed by atoms with Gasteiger partial charge in [0.2, 0.25) is 0 Å². The molecule has 19 heavy (non-hydrogen) atoms. The summed E-state index contributed by atoms with van der Waals surface area (Å²) >= 11 is 0. The number of carboxylic acid groups (broad SMARTS) is 1. The minimum atomic E-state index is -0.943. The Morgan fingerprint density at radius 2 is 2.21 bits per heavy atom. The number of carbonyl (C=O) groups is 2. The van der Waals surface area contributed by atoms with E-state index in [1.165, 1.54) is 17.3 Å². The van der Waals surface area contributed by atoms with Gasteiger partial charge in [0.15, 0.2) is 0 Å². The van der Waals surface area contributed by atoms with Crippen LogP contribution >= 0.6 is 0 Å². The van der Waals surface area contributed by atoms with Gasteiger partial charge < -0.3 is 20.6 Å². The lowest BCUT2D eigenvalue weighted by Crippen LogP contribution is -2.38. The molecular weight excluding hydrogens is 250 g/mol. The number of nitrogens with two attached hydrogens (primary N) is 1. The van der Waals surface area contributed by atoms with E-state index in [-0.39, 0.29) is 11.7 Å². The van der Waals surface area contributed by atoms with Gasteiger partial charge in [-0.05, 0) is 6.42 Å². The summed E-state index contributed by atoms with van der Waals surface area (Å²) in [4.78, 5) is 33.0. The molecule has 0 bridgehead atoms. The third kappa shape index (κ3) is 2.72. The Kier molecular flexibility index (Phi) is 3.50. The van der Waals surface area contributed by atoms with Crippen LogP contribution in [0.15, 0.2) is 12.4 Å². The smallest absolute Gasteiger partial charge is 0.407 e. The first-order chi connectivity index (χ1) is 8.99. The highest BCUT2D eigenvalue weighted by Gasteiger charge is 2.29. The molecule has 2 amide bonds. The molecule has 0 spiro atoms. The summed E-state index contributed by atoms with van der Waals surface area (Å²) in [6.45, 7) is 1.26. The van der Waals surface area contributed by atoms with Crippen molar-refractivity contribution < 1.29 is 14.7 Å². The van der Waals surface area contributed by atoms with E-state index in [1.54, 1.807) is 7.05 Å². The second-order valence-corrected chi connectivity index (χ2v) is 4.41. The Labute approximate surface area is 109 Å². The van der Waals surface area contributed by atoms with E-state index in [0.29, 0.717) is 18.9 Å². The third-order valence-electron chi connectivity index (χ3n) is 3.23. The first-order valence-corrected chi connectivity index (χ1v) is 5.81. The number of hydrogen-bond donors (Lipinski definition) is 2. The van der Waals surface area contributed by atoms with Crippen LogP contribution < -0.4 is 10.6 Å². The summed E-state index contributed by atoms with van der Waals surface area (Å²) in [6.07, 6.45) is 2.60. The monoisotopic (exact) mass is 265 g/mol. The van der Waals surface area contributed by atoms with Gasteiger partial charge in [-0.2, -0.15) is 0 Å². The van der Waals surface area contributed by atoms with Gasteiger partial charge in [0.25, 0.3) is 5.91 Å². The Morgan fingerprint density at radius 1 is 1.47 bits per heavy atom. The largest absolute Gasteiger partial charge is 0.465 e. The highest BCUT2D eigenvalue weighted by molar-refractivity contribution is 5.90. The van der Waals surface area contributed by atoms with Crippen LogP contribution in [0, 0.1) is 0 Å². The number of aromatic nitrogens is 2. The maximum absolute atomic E-state index is 10.9. The molecule has 2 rings (SSSR count). The standard InChI is InChI=1S/C11H15N5O3/c1-15(11(18)19)7-2-3-16(6-7)9-5-13-8(4-14-9)10(12)17/h4-5,7H,2-3,6H2,1H3,(H2,12,17)(H,18,19)/t7-/m1/s1. The number of anilines is 1. The van der Waals surface area contributed by atoms with E-state index in [9.17, 15) is 9.59 Å². The zero-order valence-corrected chi connectivity index (χ0v) is 10.5. The van der Waals surface area contributed by atoms with E-state index in [2.05, 4.69) is 9.97 Å². The van der Waals surface area contributed by atoms with E-state index in [1.807, 2.05) is 4.90 Å². The van der Waals surface area contributed by atoms with E-state index in [4.69, 9.17) is 10.8 Å². The SMILES string of the molecule is CN(C(=O)O)[C@@H]1CCN(c2cnc(C(N)=O)cn2)C1. The summed E-state index contributed by atoms with van der Waals surface area (Å²) < 4.78 is 0. The molecule has 102 valence electrons. The molecule has 1 aliphatic heterocycles. The van der Waals surface area contributed by atoms with Crippen molar-refractivity contribution in [1.29, 1.82) is 0 Å². The van der Waals surface area contributed by atoms with Crippen LogP contribution in [-0.4, -0.2) is 58.2 Å². The molecule has 1 aromatic rings. The molecule has 3 N–H and O–H groups in total. The number of primary amides is 1. The lowest BCUT2D eigenvalue weighted by molar-refractivity contribution is 0.0995. The molecule has 0 aromatic carbocycles. The molecule has 8 nitrogen and oxygen atoms in total. The molecule has 0 saturated carbocycles. The van der Waals surface area contributed by atoms with Crippen LogP contribution in [0.1, 0.15) is 16.9 Å². The molecular formula is C11H15N5O3. The van der Waals surface area contributed by atoms with Crippen molar-refractivity contribution in [2.75, 3.05) is 25.0 Å². The van der Waals surface area contributed by atoms with Crippen molar-refractivity contribution in [2.24, 2.45) is 5.73 Å². The summed E-state index contributed by atoms with van der Waals surface area (Å²) in [7, 11) is 1.55. The van der Waals surface area contributed by atoms with Crippen LogP contribution in [0.3, 0.4) is 0 Å². The number of carbonyl (C=O) groups excluding carboxylic acids is 1. The normalized spacial score (nSPS) is 18.4. The molecule has 1 fully saturated rings. The summed E-state index contributed by atoms with van der Waals surface area (Å²) in [5.74, 6) is -0.00440. The number of hydrogen-bond acceptors (Lipinski definition) is 5. The minimum absolute atomic E-state index is 0.0601. The van der Waals surface area contributed by atoms with Crippen molar-refractivity contribution in [3.05, 3.63) is 18.1 Å². The first kappa shape index (κ1) is 13.1. The zero-order chi connectivity index (χ0) is 14.0. The fraction of sp³-hybridized carbons (Fsp3) is 0.455. The van der Waals surface area contributed by atoms with Crippen molar-refractivity contribution in [1.82, 2.24) is 14.9 Å². The number of amides is 2. The summed E-state index contributed by atoms with van der Waals surface area (Å²) in [5.41, 5.74) is 5.20. The van der Waals surface area contributed by atoms with Gasteiger partial charge in [-0.1, -0.05) is 0 Å². The highest BCUT2D eigenvalue weighted by atomic mass is 16.4. The molecule has 0 radical (unpaired) electrons. The first-order valence-electron chi connectivity index (χ1n) is 5.81. The van der Waals surface area contributed by atoms with Gasteiger partial charge in [0.1, 0.15) is 11.5 Å². The van der Waals surface area contributed by atoms with Crippen LogP contribution in [0.25, 0.3) is 0 Å². The van der Waals surface area contributed by atoms with Crippen LogP contribution in [0.2, 0.25) is 0 Å². The van der Waals surface area contributed by atoms with Gasteiger partial charge in [-0.3, -0.25) is 4.79 Å². The van der Waals surface area contributed by atoms with Crippen LogP contribution in [0.5, 0.6) is 0 Å². The fourth-order valence-electron chi connectivity index (χ4n) is 2.03. The van der Waals surface area contributed by atoms with Gasteiger partial charge in [0, 0.05) is 20.1 Å². The average Bonchev–Trinajstić information content (AvgIpc) is 2.87. The van der Waals surface area contributed by atoms with Gasteiger partial charge in [-0.15, -0.1) is 0 Å². The summed E-state index contributed by atoms with van der Waals surface area (Å²) in [5, 5.41) is 8.92. The molecule has 2 heterocycles.